The van der Waals surface area contributed by atoms with E-state index in [1.165, 1.54) is 230 Å². The Bertz CT molecular complexity index is 733. The van der Waals surface area contributed by atoms with E-state index in [1.807, 2.05) is 0 Å². The van der Waals surface area contributed by atoms with Crippen molar-refractivity contribution in [2.75, 3.05) is 13.1 Å². The molecule has 1 aromatic rings. The van der Waals surface area contributed by atoms with Crippen molar-refractivity contribution in [1.29, 1.82) is 0 Å². The van der Waals surface area contributed by atoms with E-state index in [2.05, 4.69) is 13.8 Å². The van der Waals surface area contributed by atoms with E-state index in [4.69, 9.17) is 21.7 Å². The van der Waals surface area contributed by atoms with E-state index in [0.717, 1.165) is 13.1 Å². The maximum absolute atomic E-state index is 10.5. The third-order valence-corrected chi connectivity index (χ3v) is 9.50. The van der Waals surface area contributed by atoms with Crippen molar-refractivity contribution in [3.8, 4) is 0 Å². The van der Waals surface area contributed by atoms with Gasteiger partial charge in [0.25, 0.3) is 0 Å². The molecular weight excluding hydrogens is 620 g/mol. The molecule has 0 aliphatic carbocycles. The fraction of sp³-hybridized carbons (Fsp3) is 0.818. The van der Waals surface area contributed by atoms with E-state index >= 15 is 0 Å². The molecule has 0 heterocycles. The van der Waals surface area contributed by atoms with Gasteiger partial charge >= 0.3 is 11.9 Å². The lowest BCUT2D eigenvalue weighted by Gasteiger charge is -2.03. The molecule has 6 heteroatoms. The predicted molar refractivity (Wildman–Crippen MR) is 218 cm³/mol. The summed E-state index contributed by atoms with van der Waals surface area (Å²) >= 11 is 0. The number of carboxylic acids is 2. The molecule has 50 heavy (non-hydrogen) atoms. The monoisotopic (exact) mass is 705 g/mol. The van der Waals surface area contributed by atoms with E-state index in [9.17, 15) is 9.59 Å². The van der Waals surface area contributed by atoms with E-state index in [-0.39, 0.29) is 11.1 Å². The van der Waals surface area contributed by atoms with Crippen LogP contribution in [-0.2, 0) is 0 Å². The molecule has 0 saturated carbocycles. The lowest BCUT2D eigenvalue weighted by atomic mass is 10.0. The molecule has 0 aliphatic rings. The molecule has 0 radical (unpaired) electrons. The average molecular weight is 705 g/mol. The molecule has 0 spiro atoms. The number of hydrogen-bond donors (Lipinski definition) is 4. The molecule has 0 amide bonds. The normalized spacial score (nSPS) is 10.6. The molecular formula is C44H84N2O4. The van der Waals surface area contributed by atoms with Crippen LogP contribution in [0.25, 0.3) is 0 Å². The fourth-order valence-electron chi connectivity index (χ4n) is 6.24. The Morgan fingerprint density at radius 2 is 0.560 bits per heavy atom. The molecule has 0 aromatic heterocycles. The minimum Gasteiger partial charge on any atom is -0.478 e. The highest BCUT2D eigenvalue weighted by atomic mass is 16.4. The van der Waals surface area contributed by atoms with Gasteiger partial charge < -0.3 is 21.7 Å². The van der Waals surface area contributed by atoms with Gasteiger partial charge in [-0.1, -0.05) is 219 Å². The lowest BCUT2D eigenvalue weighted by molar-refractivity contribution is 0.0651. The highest BCUT2D eigenvalue weighted by Gasteiger charge is 2.13. The van der Waals surface area contributed by atoms with Gasteiger partial charge in [-0.3, -0.25) is 0 Å². The summed E-state index contributed by atoms with van der Waals surface area (Å²) in [5.74, 6) is -2.46. The van der Waals surface area contributed by atoms with Gasteiger partial charge in [-0.25, -0.2) is 9.59 Å². The number of benzene rings is 1. The zero-order valence-electron chi connectivity index (χ0n) is 33.2. The van der Waals surface area contributed by atoms with Crippen LogP contribution < -0.4 is 11.5 Å². The van der Waals surface area contributed by atoms with Gasteiger partial charge in [0.05, 0.1) is 11.1 Å². The highest BCUT2D eigenvalue weighted by molar-refractivity contribution is 6.01. The maximum atomic E-state index is 10.5. The topological polar surface area (TPSA) is 127 Å². The zero-order valence-corrected chi connectivity index (χ0v) is 33.2. The summed E-state index contributed by atoms with van der Waals surface area (Å²) in [6, 6.07) is 5.48. The minimum absolute atomic E-state index is 0.190. The Kier molecular flexibility index (Phi) is 43.4. The summed E-state index contributed by atoms with van der Waals surface area (Å²) < 4.78 is 0. The van der Waals surface area contributed by atoms with Crippen LogP contribution in [0, 0.1) is 0 Å². The molecule has 1 aromatic carbocycles. The third-order valence-electron chi connectivity index (χ3n) is 9.50. The fourth-order valence-corrected chi connectivity index (χ4v) is 6.24. The smallest absolute Gasteiger partial charge is 0.336 e. The second-order valence-corrected chi connectivity index (χ2v) is 14.3. The Morgan fingerprint density at radius 3 is 0.720 bits per heavy atom. The predicted octanol–water partition coefficient (Wildman–Crippen LogP) is 13.5. The van der Waals surface area contributed by atoms with Crippen LogP contribution in [0.5, 0.6) is 0 Å². The molecule has 6 N–H and O–H groups in total. The van der Waals surface area contributed by atoms with Gasteiger partial charge in [-0.15, -0.1) is 0 Å². The van der Waals surface area contributed by atoms with Crippen molar-refractivity contribution in [2.24, 2.45) is 11.5 Å². The largest absolute Gasteiger partial charge is 0.478 e. The second-order valence-electron chi connectivity index (χ2n) is 14.3. The molecule has 0 aliphatic heterocycles. The molecule has 0 saturated heterocycles. The van der Waals surface area contributed by atoms with Crippen LogP contribution in [-0.4, -0.2) is 35.2 Å². The Hall–Kier alpha value is -1.92. The minimum atomic E-state index is -1.23. The number of aromatic carboxylic acids is 2. The summed E-state index contributed by atoms with van der Waals surface area (Å²) in [5, 5.41) is 17.1. The van der Waals surface area contributed by atoms with Crippen molar-refractivity contribution in [3.05, 3.63) is 35.4 Å². The molecule has 1 rings (SSSR count). The maximum Gasteiger partial charge on any atom is 0.336 e. The van der Waals surface area contributed by atoms with Crippen molar-refractivity contribution in [3.63, 3.8) is 0 Å². The number of carboxylic acid groups (broad SMARTS) is 2. The summed E-state index contributed by atoms with van der Waals surface area (Å²) in [6.45, 7) is 6.33. The first-order valence-electron chi connectivity index (χ1n) is 21.4. The number of nitrogens with two attached hydrogens (primary N) is 2. The van der Waals surface area contributed by atoms with Crippen LogP contribution in [0.2, 0.25) is 0 Å². The lowest BCUT2D eigenvalue weighted by Crippen LogP contribution is -2.06. The summed E-state index contributed by atoms with van der Waals surface area (Å²) in [7, 11) is 0. The average Bonchev–Trinajstić information content (AvgIpc) is 3.12. The van der Waals surface area contributed by atoms with Crippen LogP contribution in [0.3, 0.4) is 0 Å². The van der Waals surface area contributed by atoms with Gasteiger partial charge in [0.1, 0.15) is 0 Å². The van der Waals surface area contributed by atoms with Gasteiger partial charge in [-0.2, -0.15) is 0 Å². The van der Waals surface area contributed by atoms with Crippen LogP contribution in [0.1, 0.15) is 240 Å². The van der Waals surface area contributed by atoms with Crippen LogP contribution in [0.15, 0.2) is 24.3 Å². The van der Waals surface area contributed by atoms with Gasteiger partial charge in [0, 0.05) is 0 Å². The van der Waals surface area contributed by atoms with E-state index in [0.29, 0.717) is 0 Å². The van der Waals surface area contributed by atoms with Crippen molar-refractivity contribution >= 4 is 11.9 Å². The molecule has 0 fully saturated rings. The van der Waals surface area contributed by atoms with E-state index in [1.54, 1.807) is 0 Å². The zero-order chi connectivity index (χ0) is 37.2. The van der Waals surface area contributed by atoms with Crippen molar-refractivity contribution < 1.29 is 19.8 Å². The Morgan fingerprint density at radius 1 is 0.380 bits per heavy atom. The van der Waals surface area contributed by atoms with Gasteiger partial charge in [-0.05, 0) is 38.1 Å². The summed E-state index contributed by atoms with van der Waals surface area (Å²) in [6.07, 6.45) is 45.7. The molecule has 294 valence electrons. The van der Waals surface area contributed by atoms with E-state index < -0.39 is 11.9 Å². The molecule has 0 unspecified atom stereocenters. The van der Waals surface area contributed by atoms with Crippen LogP contribution in [0.4, 0.5) is 0 Å². The first kappa shape index (κ1) is 50.2. The quantitative estimate of drug-likeness (QED) is 0.0529. The van der Waals surface area contributed by atoms with Gasteiger partial charge in [0.2, 0.25) is 0 Å². The van der Waals surface area contributed by atoms with Gasteiger partial charge in [0.15, 0.2) is 0 Å². The first-order chi connectivity index (χ1) is 24.5. The summed E-state index contributed by atoms with van der Waals surface area (Å²) in [5.41, 5.74) is 10.6. The number of carbonyl (C=O) groups is 2. The Balaban J connectivity index is 0. The van der Waals surface area contributed by atoms with Crippen molar-refractivity contribution in [1.82, 2.24) is 0 Å². The van der Waals surface area contributed by atoms with Crippen molar-refractivity contribution in [2.45, 2.75) is 219 Å². The second kappa shape index (κ2) is 43.2. The van der Waals surface area contributed by atoms with Crippen LogP contribution >= 0.6 is 0 Å². The number of rotatable bonds is 34. The molecule has 6 nitrogen and oxygen atoms in total. The highest BCUT2D eigenvalue weighted by Crippen LogP contribution is 2.15. The SMILES string of the molecule is CCCCCCCCCCCCCCCCCCN.CCCCCCCCCCCCCCCCCCN.O=C(O)c1ccccc1C(=O)O. The molecule has 0 bridgehead atoms. The standard InChI is InChI=1S/2C18H39N.C8H6O4/c2*1-2-3-4-5-6-7-8-9-10-11-12-13-14-15-16-17-18-19;9-7(10)5-3-1-2-4-6(5)8(11)12/h2*2-19H2,1H3;1-4H,(H,9,10)(H,11,12). The number of unbranched alkanes of at least 4 members (excludes halogenated alkanes) is 30. The third kappa shape index (κ3) is 38.9. The molecule has 0 atom stereocenters. The first-order valence-corrected chi connectivity index (χ1v) is 21.4. The summed E-state index contributed by atoms with van der Waals surface area (Å²) in [4.78, 5) is 20.9. The Labute approximate surface area is 310 Å². The number of hydrogen-bond acceptors (Lipinski definition) is 4.